The summed E-state index contributed by atoms with van der Waals surface area (Å²) in [6.45, 7) is 5.78. The number of nitrogens with two attached hydrogens (primary N) is 1. The quantitative estimate of drug-likeness (QED) is 0.544. The highest BCUT2D eigenvalue weighted by atomic mass is 15.1. The van der Waals surface area contributed by atoms with Crippen molar-refractivity contribution in [1.82, 2.24) is 9.80 Å². The molecule has 1 atom stereocenters. The monoisotopic (exact) mass is 240 g/mol. The lowest BCUT2D eigenvalue weighted by molar-refractivity contribution is 0.149. The zero-order chi connectivity index (χ0) is 12.8. The molecule has 3 N–H and O–H groups in total. The summed E-state index contributed by atoms with van der Waals surface area (Å²) >= 11 is 0. The van der Waals surface area contributed by atoms with Gasteiger partial charge >= 0.3 is 0 Å². The SMILES string of the molecule is CCC(CC(=N)N)N(C)CC1CCN(C)CC1. The smallest absolute Gasteiger partial charge is 0.0921 e. The molecule has 0 aliphatic carbocycles. The number of rotatable bonds is 6. The summed E-state index contributed by atoms with van der Waals surface area (Å²) in [4.78, 5) is 4.81. The van der Waals surface area contributed by atoms with Crippen LogP contribution in [0.25, 0.3) is 0 Å². The number of amidine groups is 1. The van der Waals surface area contributed by atoms with E-state index < -0.39 is 0 Å². The number of hydrogen-bond donors (Lipinski definition) is 2. The lowest BCUT2D eigenvalue weighted by Gasteiger charge is -2.34. The summed E-state index contributed by atoms with van der Waals surface area (Å²) in [7, 11) is 4.37. The topological polar surface area (TPSA) is 56.4 Å². The zero-order valence-electron chi connectivity index (χ0n) is 11.6. The Labute approximate surface area is 106 Å². The highest BCUT2D eigenvalue weighted by Crippen LogP contribution is 2.19. The second-order valence-corrected chi connectivity index (χ2v) is 5.48. The predicted molar refractivity (Wildman–Crippen MR) is 73.5 cm³/mol. The van der Waals surface area contributed by atoms with Gasteiger partial charge in [-0.05, 0) is 52.4 Å². The van der Waals surface area contributed by atoms with Crippen LogP contribution in [-0.2, 0) is 0 Å². The summed E-state index contributed by atoms with van der Waals surface area (Å²) in [5, 5.41) is 7.41. The Balaban J connectivity index is 2.35. The minimum atomic E-state index is 0.312. The van der Waals surface area contributed by atoms with Gasteiger partial charge in [-0.3, -0.25) is 5.41 Å². The molecule has 0 aromatic carbocycles. The summed E-state index contributed by atoms with van der Waals surface area (Å²) in [6.07, 6.45) is 4.39. The Kier molecular flexibility index (Phi) is 5.92. The molecule has 0 radical (unpaired) electrons. The summed E-state index contributed by atoms with van der Waals surface area (Å²) < 4.78 is 0. The van der Waals surface area contributed by atoms with Gasteiger partial charge in [-0.2, -0.15) is 0 Å². The molecule has 1 rings (SSSR count). The van der Waals surface area contributed by atoms with Crippen molar-refractivity contribution < 1.29 is 0 Å². The molecule has 0 spiro atoms. The molecule has 100 valence electrons. The third kappa shape index (κ3) is 5.04. The first kappa shape index (κ1) is 14.5. The van der Waals surface area contributed by atoms with Crippen LogP contribution in [-0.4, -0.2) is 55.4 Å². The van der Waals surface area contributed by atoms with E-state index in [0.29, 0.717) is 18.3 Å². The van der Waals surface area contributed by atoms with Crippen LogP contribution in [0.4, 0.5) is 0 Å². The minimum Gasteiger partial charge on any atom is -0.388 e. The first-order chi connectivity index (χ1) is 8.02. The molecule has 0 amide bonds. The van der Waals surface area contributed by atoms with Crippen LogP contribution in [0.2, 0.25) is 0 Å². The van der Waals surface area contributed by atoms with Gasteiger partial charge < -0.3 is 15.5 Å². The van der Waals surface area contributed by atoms with Crippen LogP contribution >= 0.6 is 0 Å². The number of likely N-dealkylation sites (tertiary alicyclic amines) is 1. The van der Waals surface area contributed by atoms with Crippen molar-refractivity contribution in [3.05, 3.63) is 0 Å². The number of piperidine rings is 1. The molecule has 1 unspecified atom stereocenters. The average Bonchev–Trinajstić information content (AvgIpc) is 2.28. The molecule has 0 aromatic heterocycles. The highest BCUT2D eigenvalue weighted by Gasteiger charge is 2.21. The predicted octanol–water partition coefficient (Wildman–Crippen LogP) is 1.36. The maximum Gasteiger partial charge on any atom is 0.0921 e. The number of nitrogens with one attached hydrogen (secondary N) is 1. The van der Waals surface area contributed by atoms with E-state index >= 15 is 0 Å². The van der Waals surface area contributed by atoms with Crippen LogP contribution in [0.3, 0.4) is 0 Å². The Morgan fingerprint density at radius 1 is 1.47 bits per heavy atom. The van der Waals surface area contributed by atoms with Gasteiger partial charge in [0.25, 0.3) is 0 Å². The fraction of sp³-hybridized carbons (Fsp3) is 0.923. The summed E-state index contributed by atoms with van der Waals surface area (Å²) in [5.74, 6) is 1.13. The van der Waals surface area contributed by atoms with Gasteiger partial charge in [0.15, 0.2) is 0 Å². The Hall–Kier alpha value is -0.610. The van der Waals surface area contributed by atoms with Gasteiger partial charge in [0.1, 0.15) is 0 Å². The zero-order valence-corrected chi connectivity index (χ0v) is 11.6. The molecular weight excluding hydrogens is 212 g/mol. The van der Waals surface area contributed by atoms with Crippen molar-refractivity contribution in [2.45, 2.75) is 38.6 Å². The lowest BCUT2D eigenvalue weighted by Crippen LogP contribution is -2.41. The fourth-order valence-corrected chi connectivity index (χ4v) is 2.67. The third-order valence-corrected chi connectivity index (χ3v) is 3.93. The normalized spacial score (nSPS) is 20.7. The minimum absolute atomic E-state index is 0.312. The fourth-order valence-electron chi connectivity index (χ4n) is 2.67. The Morgan fingerprint density at radius 2 is 2.06 bits per heavy atom. The molecule has 1 heterocycles. The first-order valence-corrected chi connectivity index (χ1v) is 6.74. The summed E-state index contributed by atoms with van der Waals surface area (Å²) in [5.41, 5.74) is 5.51. The van der Waals surface area contributed by atoms with E-state index in [9.17, 15) is 0 Å². The van der Waals surface area contributed by atoms with Crippen molar-refractivity contribution in [3.8, 4) is 0 Å². The molecule has 1 saturated heterocycles. The standard InChI is InChI=1S/C13H28N4/c1-4-12(9-13(14)15)17(3)10-11-5-7-16(2)8-6-11/h11-12H,4-10H2,1-3H3,(H3,14,15). The molecule has 1 aliphatic rings. The number of nitrogens with zero attached hydrogens (tertiary/aromatic N) is 2. The largest absolute Gasteiger partial charge is 0.388 e. The van der Waals surface area contributed by atoms with Crippen molar-refractivity contribution in [2.24, 2.45) is 11.7 Å². The molecule has 4 heteroatoms. The lowest BCUT2D eigenvalue weighted by atomic mass is 9.95. The molecular formula is C13H28N4. The third-order valence-electron chi connectivity index (χ3n) is 3.93. The Bertz CT molecular complexity index is 234. The van der Waals surface area contributed by atoms with E-state index in [2.05, 4.69) is 30.8 Å². The van der Waals surface area contributed by atoms with Crippen molar-refractivity contribution >= 4 is 5.84 Å². The van der Waals surface area contributed by atoms with Crippen molar-refractivity contribution in [2.75, 3.05) is 33.7 Å². The molecule has 0 bridgehead atoms. The van der Waals surface area contributed by atoms with Crippen LogP contribution < -0.4 is 5.73 Å². The molecule has 0 saturated carbocycles. The van der Waals surface area contributed by atoms with E-state index in [0.717, 1.165) is 18.9 Å². The second kappa shape index (κ2) is 6.97. The molecule has 1 fully saturated rings. The van der Waals surface area contributed by atoms with Gasteiger partial charge in [0, 0.05) is 19.0 Å². The molecule has 4 nitrogen and oxygen atoms in total. The maximum atomic E-state index is 7.41. The van der Waals surface area contributed by atoms with Gasteiger partial charge in [-0.25, -0.2) is 0 Å². The van der Waals surface area contributed by atoms with Crippen molar-refractivity contribution in [3.63, 3.8) is 0 Å². The van der Waals surface area contributed by atoms with Crippen LogP contribution in [0.1, 0.15) is 32.6 Å². The van der Waals surface area contributed by atoms with Crippen LogP contribution in [0.15, 0.2) is 0 Å². The van der Waals surface area contributed by atoms with E-state index in [4.69, 9.17) is 11.1 Å². The van der Waals surface area contributed by atoms with Crippen molar-refractivity contribution in [1.29, 1.82) is 5.41 Å². The number of hydrogen-bond acceptors (Lipinski definition) is 3. The molecule has 1 aliphatic heterocycles. The van der Waals surface area contributed by atoms with Gasteiger partial charge in [0.05, 0.1) is 5.84 Å². The molecule has 0 aromatic rings. The molecule has 17 heavy (non-hydrogen) atoms. The maximum absolute atomic E-state index is 7.41. The van der Waals surface area contributed by atoms with E-state index in [1.54, 1.807) is 0 Å². The highest BCUT2D eigenvalue weighted by molar-refractivity contribution is 5.77. The van der Waals surface area contributed by atoms with E-state index in [1.165, 1.54) is 25.9 Å². The van der Waals surface area contributed by atoms with Crippen LogP contribution in [0.5, 0.6) is 0 Å². The average molecular weight is 240 g/mol. The van der Waals surface area contributed by atoms with Gasteiger partial charge in [-0.15, -0.1) is 0 Å². The van der Waals surface area contributed by atoms with E-state index in [1.807, 2.05) is 0 Å². The van der Waals surface area contributed by atoms with Gasteiger partial charge in [0.2, 0.25) is 0 Å². The summed E-state index contributed by atoms with van der Waals surface area (Å²) in [6, 6.07) is 0.437. The second-order valence-electron chi connectivity index (χ2n) is 5.48. The van der Waals surface area contributed by atoms with E-state index in [-0.39, 0.29) is 0 Å². The Morgan fingerprint density at radius 3 is 2.53 bits per heavy atom. The van der Waals surface area contributed by atoms with Gasteiger partial charge in [-0.1, -0.05) is 6.92 Å². The van der Waals surface area contributed by atoms with Crippen LogP contribution in [0, 0.1) is 11.3 Å². The first-order valence-electron chi connectivity index (χ1n) is 6.74.